The highest BCUT2D eigenvalue weighted by atomic mass is 35.6. The maximum atomic E-state index is 13.3. The molecule has 0 saturated carbocycles. The van der Waals surface area contributed by atoms with Crippen LogP contribution >= 0.6 is 34.8 Å². The van der Waals surface area contributed by atoms with Gasteiger partial charge in [-0.1, -0.05) is 46.9 Å². The van der Waals surface area contributed by atoms with Crippen LogP contribution in [0.15, 0.2) is 0 Å². The Morgan fingerprint density at radius 3 is 2.46 bits per heavy atom. The number of aryl methyl sites for hydroxylation is 1. The van der Waals surface area contributed by atoms with Crippen molar-refractivity contribution in [2.24, 2.45) is 0 Å². The topological polar surface area (TPSA) is 30.7 Å². The van der Waals surface area contributed by atoms with E-state index >= 15 is 0 Å². The number of nitrogens with zero attached hydrogens (tertiary/aromatic N) is 3. The monoisotopic (exact) mass is 245 g/mol. The van der Waals surface area contributed by atoms with Crippen molar-refractivity contribution in [2.75, 3.05) is 0 Å². The van der Waals surface area contributed by atoms with Crippen LogP contribution in [0.5, 0.6) is 0 Å². The molecule has 3 nitrogen and oxygen atoms in total. The van der Waals surface area contributed by atoms with Crippen molar-refractivity contribution >= 4 is 34.8 Å². The Hall–Kier alpha value is -0.0600. The van der Waals surface area contributed by atoms with Crippen LogP contribution in [-0.4, -0.2) is 15.0 Å². The third-order valence-corrected chi connectivity index (χ3v) is 1.92. The van der Waals surface area contributed by atoms with E-state index in [1.165, 1.54) is 0 Å². The van der Waals surface area contributed by atoms with Crippen LogP contribution in [0.2, 0.25) is 0 Å². The van der Waals surface area contributed by atoms with Gasteiger partial charge in [-0.05, 0) is 6.42 Å². The zero-order valence-corrected chi connectivity index (χ0v) is 9.04. The molecule has 0 atom stereocenters. The smallest absolute Gasteiger partial charge is 0.219 e. The van der Waals surface area contributed by atoms with Crippen molar-refractivity contribution in [1.82, 2.24) is 15.0 Å². The summed E-state index contributed by atoms with van der Waals surface area (Å²) in [6, 6.07) is 0. The Bertz CT molecular complexity index is 294. The molecule has 1 aromatic heterocycles. The van der Waals surface area contributed by atoms with E-state index in [1.807, 2.05) is 6.92 Å². The number of hydrogen-bond acceptors (Lipinski definition) is 2. The van der Waals surface area contributed by atoms with E-state index in [4.69, 9.17) is 34.8 Å². The van der Waals surface area contributed by atoms with Gasteiger partial charge < -0.3 is 0 Å². The van der Waals surface area contributed by atoms with Crippen molar-refractivity contribution in [3.05, 3.63) is 11.6 Å². The fourth-order valence-corrected chi connectivity index (χ4v) is 1.18. The van der Waals surface area contributed by atoms with Crippen molar-refractivity contribution < 1.29 is 4.39 Å². The lowest BCUT2D eigenvalue weighted by atomic mass is 10.4. The lowest BCUT2D eigenvalue weighted by molar-refractivity contribution is 0.444. The second-order valence-corrected chi connectivity index (χ2v) is 4.73. The number of halogens is 4. The van der Waals surface area contributed by atoms with Gasteiger partial charge in [-0.15, -0.1) is 5.10 Å². The lowest BCUT2D eigenvalue weighted by Gasteiger charge is -2.05. The standard InChI is InChI=1S/C6H7Cl3FN3/c1-2-3-13-5(10)4(11-12-13)6(7,8)9/h2-3H2,1H3. The number of aromatic nitrogens is 3. The number of hydrogen-bond donors (Lipinski definition) is 0. The van der Waals surface area contributed by atoms with E-state index in [2.05, 4.69) is 10.3 Å². The molecule has 0 fully saturated rings. The highest BCUT2D eigenvalue weighted by Crippen LogP contribution is 2.37. The zero-order chi connectivity index (χ0) is 10.1. The van der Waals surface area contributed by atoms with E-state index in [0.717, 1.165) is 11.1 Å². The number of rotatable bonds is 2. The molecule has 13 heavy (non-hydrogen) atoms. The summed E-state index contributed by atoms with van der Waals surface area (Å²) in [7, 11) is 0. The molecule has 0 aliphatic rings. The molecule has 0 aliphatic heterocycles. The van der Waals surface area contributed by atoms with Gasteiger partial charge in [-0.2, -0.15) is 4.39 Å². The Kier molecular flexibility index (Phi) is 3.38. The van der Waals surface area contributed by atoms with Crippen LogP contribution in [0.4, 0.5) is 4.39 Å². The minimum atomic E-state index is -1.85. The van der Waals surface area contributed by atoms with Gasteiger partial charge in [-0.3, -0.25) is 0 Å². The summed E-state index contributed by atoms with van der Waals surface area (Å²) in [6.07, 6.45) is 0.736. The first-order valence-corrected chi connectivity index (χ1v) is 4.76. The van der Waals surface area contributed by atoms with Gasteiger partial charge >= 0.3 is 0 Å². The van der Waals surface area contributed by atoms with Crippen LogP contribution in [0.25, 0.3) is 0 Å². The van der Waals surface area contributed by atoms with Crippen molar-refractivity contribution in [1.29, 1.82) is 0 Å². The quantitative estimate of drug-likeness (QED) is 0.751. The van der Waals surface area contributed by atoms with Crippen LogP contribution in [0.1, 0.15) is 19.0 Å². The predicted molar refractivity (Wildman–Crippen MR) is 49.5 cm³/mol. The SMILES string of the molecule is CCCn1nnc(C(Cl)(Cl)Cl)c1F. The predicted octanol–water partition coefficient (Wildman–Crippen LogP) is 2.65. The Morgan fingerprint density at radius 2 is 2.08 bits per heavy atom. The van der Waals surface area contributed by atoms with E-state index < -0.39 is 9.74 Å². The van der Waals surface area contributed by atoms with Crippen LogP contribution in [0, 0.1) is 5.95 Å². The van der Waals surface area contributed by atoms with Gasteiger partial charge in [0.15, 0.2) is 5.69 Å². The third kappa shape index (κ3) is 2.45. The maximum Gasteiger partial charge on any atom is 0.239 e. The number of alkyl halides is 3. The van der Waals surface area contributed by atoms with Crippen molar-refractivity contribution in [3.8, 4) is 0 Å². The molecule has 0 unspecified atom stereocenters. The van der Waals surface area contributed by atoms with Crippen LogP contribution in [-0.2, 0) is 10.3 Å². The van der Waals surface area contributed by atoms with Gasteiger partial charge in [0, 0.05) is 6.54 Å². The maximum absolute atomic E-state index is 13.3. The molecule has 0 amide bonds. The molecule has 0 aliphatic carbocycles. The molecule has 1 rings (SSSR count). The van der Waals surface area contributed by atoms with E-state index in [-0.39, 0.29) is 5.69 Å². The summed E-state index contributed by atoms with van der Waals surface area (Å²) in [4.78, 5) is 0. The Morgan fingerprint density at radius 1 is 1.46 bits per heavy atom. The second kappa shape index (κ2) is 3.98. The molecule has 0 saturated heterocycles. The molecule has 1 aromatic rings. The summed E-state index contributed by atoms with van der Waals surface area (Å²) in [5.74, 6) is -0.693. The molecule has 0 bridgehead atoms. The van der Waals surface area contributed by atoms with E-state index in [9.17, 15) is 4.39 Å². The Balaban J connectivity index is 2.99. The minimum Gasteiger partial charge on any atom is -0.219 e. The molecule has 1 heterocycles. The summed E-state index contributed by atoms with van der Waals surface area (Å²) in [5, 5.41) is 6.96. The van der Waals surface area contributed by atoms with Crippen LogP contribution in [0.3, 0.4) is 0 Å². The molecular weight excluding hydrogens is 239 g/mol. The summed E-state index contributed by atoms with van der Waals surface area (Å²) >= 11 is 16.4. The summed E-state index contributed by atoms with van der Waals surface area (Å²) < 4.78 is 12.5. The van der Waals surface area contributed by atoms with E-state index in [1.54, 1.807) is 0 Å². The highest BCUT2D eigenvalue weighted by Gasteiger charge is 2.32. The largest absolute Gasteiger partial charge is 0.239 e. The minimum absolute atomic E-state index is 0.258. The summed E-state index contributed by atoms with van der Waals surface area (Å²) in [5.41, 5.74) is -0.258. The first-order chi connectivity index (χ1) is 5.96. The normalized spacial score (nSPS) is 12.1. The van der Waals surface area contributed by atoms with Crippen molar-refractivity contribution in [3.63, 3.8) is 0 Å². The zero-order valence-electron chi connectivity index (χ0n) is 6.77. The van der Waals surface area contributed by atoms with Crippen LogP contribution < -0.4 is 0 Å². The molecular formula is C6H7Cl3FN3. The second-order valence-electron chi connectivity index (χ2n) is 2.45. The molecule has 7 heteroatoms. The van der Waals surface area contributed by atoms with Crippen molar-refractivity contribution in [2.45, 2.75) is 23.7 Å². The fraction of sp³-hybridized carbons (Fsp3) is 0.667. The van der Waals surface area contributed by atoms with E-state index in [0.29, 0.717) is 6.54 Å². The Labute approximate surface area is 89.8 Å². The van der Waals surface area contributed by atoms with Gasteiger partial charge in [0.25, 0.3) is 0 Å². The molecule has 0 radical (unpaired) electrons. The molecule has 0 N–H and O–H groups in total. The average Bonchev–Trinajstić information content (AvgIpc) is 2.32. The molecule has 0 aromatic carbocycles. The summed E-state index contributed by atoms with van der Waals surface area (Å²) in [6.45, 7) is 2.30. The first-order valence-electron chi connectivity index (χ1n) is 3.63. The average molecular weight is 246 g/mol. The fourth-order valence-electron chi connectivity index (χ4n) is 0.830. The third-order valence-electron chi connectivity index (χ3n) is 1.38. The first kappa shape index (κ1) is 11.0. The highest BCUT2D eigenvalue weighted by molar-refractivity contribution is 6.66. The van der Waals surface area contributed by atoms with Gasteiger partial charge in [0.05, 0.1) is 0 Å². The molecule has 74 valence electrons. The van der Waals surface area contributed by atoms with Gasteiger partial charge in [-0.25, -0.2) is 4.68 Å². The van der Waals surface area contributed by atoms with Gasteiger partial charge in [0.1, 0.15) is 0 Å². The van der Waals surface area contributed by atoms with Gasteiger partial charge in [0.2, 0.25) is 9.74 Å². The lowest BCUT2D eigenvalue weighted by Crippen LogP contribution is -2.07. The molecule has 0 spiro atoms.